The molecule has 1 aliphatic heterocycles. The van der Waals surface area contributed by atoms with Gasteiger partial charge in [-0.3, -0.25) is 9.80 Å². The van der Waals surface area contributed by atoms with Crippen molar-refractivity contribution in [3.8, 4) is 0 Å². The molecule has 152 valence electrons. The average molecular weight is 385 g/mol. The smallest absolute Gasteiger partial charge is 0.0840 e. The predicted molar refractivity (Wildman–Crippen MR) is 111 cm³/mol. The van der Waals surface area contributed by atoms with Gasteiger partial charge in [0.15, 0.2) is 0 Å². The fraction of sp³-hybridized carbons (Fsp3) is 0.478. The minimum atomic E-state index is -0.720. The molecule has 3 atom stereocenters. The molecule has 1 heterocycles. The van der Waals surface area contributed by atoms with Gasteiger partial charge in [0.2, 0.25) is 0 Å². The summed E-state index contributed by atoms with van der Waals surface area (Å²) >= 11 is 0. The summed E-state index contributed by atoms with van der Waals surface area (Å²) in [6, 6.07) is 17.8. The fourth-order valence-electron chi connectivity index (χ4n) is 3.74. The Kier molecular flexibility index (Phi) is 7.59. The van der Waals surface area contributed by atoms with Gasteiger partial charge in [0.25, 0.3) is 0 Å². The summed E-state index contributed by atoms with van der Waals surface area (Å²) in [5.74, 6) is -0.262. The second-order valence-electron chi connectivity index (χ2n) is 7.83. The van der Waals surface area contributed by atoms with Crippen LogP contribution in [0, 0.1) is 5.92 Å². The number of aliphatic hydroxyl groups is 3. The van der Waals surface area contributed by atoms with Crippen LogP contribution >= 0.6 is 0 Å². The van der Waals surface area contributed by atoms with E-state index in [4.69, 9.17) is 5.11 Å². The molecule has 5 heteroatoms. The van der Waals surface area contributed by atoms with Gasteiger partial charge in [-0.2, -0.15) is 0 Å². The maximum absolute atomic E-state index is 10.6. The largest absolute Gasteiger partial charge is 0.392 e. The molecule has 0 aliphatic carbocycles. The standard InChI is InChI=1S/C23H32N2O3/c1-18(23(28)21-9-7-20(17-26)8-10-21)22(27)16-25-13-11-24(12-14-25)15-19-5-3-2-4-6-19/h2-10,18,22-23,26-28H,11-17H2,1H3/t18-,22+,23+/m1/s1. The zero-order valence-electron chi connectivity index (χ0n) is 16.6. The van der Waals surface area contributed by atoms with Gasteiger partial charge in [-0.1, -0.05) is 61.5 Å². The summed E-state index contributed by atoms with van der Waals surface area (Å²) < 4.78 is 0. The Labute approximate surface area is 167 Å². The van der Waals surface area contributed by atoms with Gasteiger partial charge < -0.3 is 15.3 Å². The summed E-state index contributed by atoms with van der Waals surface area (Å²) in [7, 11) is 0. The van der Waals surface area contributed by atoms with E-state index in [0.29, 0.717) is 6.54 Å². The summed E-state index contributed by atoms with van der Waals surface area (Å²) in [5.41, 5.74) is 2.92. The number of benzene rings is 2. The lowest BCUT2D eigenvalue weighted by Crippen LogP contribution is -2.49. The van der Waals surface area contributed by atoms with Crippen LogP contribution in [-0.4, -0.2) is 63.9 Å². The normalized spacial score (nSPS) is 19.3. The van der Waals surface area contributed by atoms with Crippen molar-refractivity contribution in [3.63, 3.8) is 0 Å². The molecule has 5 nitrogen and oxygen atoms in total. The van der Waals surface area contributed by atoms with Crippen LogP contribution in [0.1, 0.15) is 29.7 Å². The van der Waals surface area contributed by atoms with Crippen LogP contribution in [0.4, 0.5) is 0 Å². The van der Waals surface area contributed by atoms with Crippen molar-refractivity contribution in [2.24, 2.45) is 5.92 Å². The molecule has 2 aromatic carbocycles. The average Bonchev–Trinajstić information content (AvgIpc) is 2.75. The number of aliphatic hydroxyl groups excluding tert-OH is 3. The van der Waals surface area contributed by atoms with Crippen LogP contribution in [0.2, 0.25) is 0 Å². The third-order valence-corrected chi connectivity index (χ3v) is 5.77. The van der Waals surface area contributed by atoms with Crippen molar-refractivity contribution in [3.05, 3.63) is 71.3 Å². The van der Waals surface area contributed by atoms with Crippen molar-refractivity contribution >= 4 is 0 Å². The molecule has 1 saturated heterocycles. The van der Waals surface area contributed by atoms with Crippen molar-refractivity contribution in [2.75, 3.05) is 32.7 Å². The van der Waals surface area contributed by atoms with E-state index in [1.165, 1.54) is 5.56 Å². The van der Waals surface area contributed by atoms with Crippen LogP contribution in [0.25, 0.3) is 0 Å². The van der Waals surface area contributed by atoms with Gasteiger partial charge in [0.05, 0.1) is 18.8 Å². The molecule has 3 N–H and O–H groups in total. The molecule has 2 aromatic rings. The van der Waals surface area contributed by atoms with Gasteiger partial charge in [-0.05, 0) is 16.7 Å². The predicted octanol–water partition coefficient (Wildman–Crippen LogP) is 2.03. The second-order valence-corrected chi connectivity index (χ2v) is 7.83. The summed E-state index contributed by atoms with van der Waals surface area (Å²) in [6.07, 6.45) is -1.31. The highest BCUT2D eigenvalue weighted by Crippen LogP contribution is 2.25. The SMILES string of the molecule is C[C@@H]([C@H](O)c1ccc(CO)cc1)[C@@H](O)CN1CCN(Cc2ccccc2)CC1. The van der Waals surface area contributed by atoms with Crippen LogP contribution in [0.15, 0.2) is 54.6 Å². The molecule has 28 heavy (non-hydrogen) atoms. The van der Waals surface area contributed by atoms with Crippen molar-refractivity contribution in [1.82, 2.24) is 9.80 Å². The number of hydrogen-bond acceptors (Lipinski definition) is 5. The Morgan fingerprint density at radius 3 is 2.04 bits per heavy atom. The third kappa shape index (κ3) is 5.63. The van der Waals surface area contributed by atoms with E-state index < -0.39 is 12.2 Å². The van der Waals surface area contributed by atoms with E-state index in [2.05, 4.69) is 34.1 Å². The van der Waals surface area contributed by atoms with Crippen LogP contribution in [0.5, 0.6) is 0 Å². The lowest BCUT2D eigenvalue weighted by Gasteiger charge is -2.37. The van der Waals surface area contributed by atoms with Gasteiger partial charge in [-0.15, -0.1) is 0 Å². The maximum Gasteiger partial charge on any atom is 0.0840 e. The van der Waals surface area contributed by atoms with Gasteiger partial charge in [0.1, 0.15) is 0 Å². The highest BCUT2D eigenvalue weighted by molar-refractivity contribution is 5.24. The minimum absolute atomic E-state index is 0.00912. The first-order chi connectivity index (χ1) is 13.6. The highest BCUT2D eigenvalue weighted by Gasteiger charge is 2.27. The fourth-order valence-corrected chi connectivity index (χ4v) is 3.74. The molecule has 3 rings (SSSR count). The Morgan fingerprint density at radius 2 is 1.43 bits per heavy atom. The zero-order valence-corrected chi connectivity index (χ0v) is 16.6. The van der Waals surface area contributed by atoms with Crippen LogP contribution in [-0.2, 0) is 13.2 Å². The molecule has 0 unspecified atom stereocenters. The Morgan fingerprint density at radius 1 is 0.821 bits per heavy atom. The maximum atomic E-state index is 10.6. The molecular formula is C23H32N2O3. The Hall–Kier alpha value is -1.76. The van der Waals surface area contributed by atoms with Gasteiger partial charge in [0, 0.05) is 45.2 Å². The van der Waals surface area contributed by atoms with E-state index in [-0.39, 0.29) is 12.5 Å². The summed E-state index contributed by atoms with van der Waals surface area (Å²) in [5, 5.41) is 30.4. The van der Waals surface area contributed by atoms with E-state index in [1.807, 2.05) is 37.3 Å². The second kappa shape index (κ2) is 10.1. The number of hydrogen-bond donors (Lipinski definition) is 3. The molecule has 1 fully saturated rings. The first kappa shape index (κ1) is 21.0. The topological polar surface area (TPSA) is 67.2 Å². The molecule has 0 bridgehead atoms. The lowest BCUT2D eigenvalue weighted by atomic mass is 9.91. The van der Waals surface area contributed by atoms with Crippen molar-refractivity contribution < 1.29 is 15.3 Å². The molecule has 0 aromatic heterocycles. The van der Waals surface area contributed by atoms with Crippen LogP contribution in [0.3, 0.4) is 0 Å². The van der Waals surface area contributed by atoms with E-state index in [1.54, 1.807) is 0 Å². The third-order valence-electron chi connectivity index (χ3n) is 5.77. The number of β-amino-alcohol motifs (C(OH)–C–C–N with tert-alkyl or cyclic N) is 1. The quantitative estimate of drug-likeness (QED) is 0.650. The highest BCUT2D eigenvalue weighted by atomic mass is 16.3. The van der Waals surface area contributed by atoms with Gasteiger partial charge in [-0.25, -0.2) is 0 Å². The molecule has 0 spiro atoms. The number of nitrogens with zero attached hydrogens (tertiary/aromatic N) is 2. The minimum Gasteiger partial charge on any atom is -0.392 e. The number of rotatable bonds is 8. The monoisotopic (exact) mass is 384 g/mol. The van der Waals surface area contributed by atoms with Crippen molar-refractivity contribution in [1.29, 1.82) is 0 Å². The molecule has 0 amide bonds. The zero-order chi connectivity index (χ0) is 19.9. The van der Waals surface area contributed by atoms with E-state index in [9.17, 15) is 10.2 Å². The molecular weight excluding hydrogens is 352 g/mol. The Bertz CT molecular complexity index is 700. The van der Waals surface area contributed by atoms with E-state index in [0.717, 1.165) is 43.9 Å². The number of piperazine rings is 1. The van der Waals surface area contributed by atoms with E-state index >= 15 is 0 Å². The Balaban J connectivity index is 1.45. The summed E-state index contributed by atoms with van der Waals surface area (Å²) in [4.78, 5) is 4.73. The first-order valence-electron chi connectivity index (χ1n) is 10.1. The lowest BCUT2D eigenvalue weighted by molar-refractivity contribution is -0.00707. The van der Waals surface area contributed by atoms with Gasteiger partial charge >= 0.3 is 0 Å². The first-order valence-corrected chi connectivity index (χ1v) is 10.1. The molecule has 0 saturated carbocycles. The summed E-state index contributed by atoms with van der Waals surface area (Å²) in [6.45, 7) is 7.26. The molecule has 1 aliphatic rings. The van der Waals surface area contributed by atoms with Crippen molar-refractivity contribution in [2.45, 2.75) is 32.3 Å². The van der Waals surface area contributed by atoms with Crippen LogP contribution < -0.4 is 0 Å². The molecule has 0 radical (unpaired) electrons.